The van der Waals surface area contributed by atoms with Gasteiger partial charge in [-0.25, -0.2) is 0 Å². The molecule has 0 aromatic rings. The van der Waals surface area contributed by atoms with Crippen LogP contribution in [0, 0.1) is 16.7 Å². The summed E-state index contributed by atoms with van der Waals surface area (Å²) in [5.41, 5.74) is 0.925. The summed E-state index contributed by atoms with van der Waals surface area (Å²) in [6, 6.07) is 0. The van der Waals surface area contributed by atoms with E-state index in [1.807, 2.05) is 0 Å². The summed E-state index contributed by atoms with van der Waals surface area (Å²) in [7, 11) is 0. The predicted octanol–water partition coefficient (Wildman–Crippen LogP) is 4.00. The van der Waals surface area contributed by atoms with Gasteiger partial charge in [-0.2, -0.15) is 0 Å². The van der Waals surface area contributed by atoms with E-state index in [4.69, 9.17) is 0 Å². The molecule has 1 fully saturated rings. The highest BCUT2D eigenvalue weighted by molar-refractivity contribution is 4.86. The third kappa shape index (κ3) is 4.14. The molecule has 3 atom stereocenters. The summed E-state index contributed by atoms with van der Waals surface area (Å²) >= 11 is 0. The molecular weight excluding hydrogens is 184 g/mol. The fraction of sp³-hybridized carbons (Fsp3) is 1.00. The largest absolute Gasteiger partial charge is 0.393 e. The molecule has 1 rings (SSSR count). The molecule has 0 amide bonds. The van der Waals surface area contributed by atoms with E-state index in [0.29, 0.717) is 16.7 Å². The predicted molar refractivity (Wildman–Crippen MR) is 65.8 cm³/mol. The molecule has 0 radical (unpaired) electrons. The van der Waals surface area contributed by atoms with Gasteiger partial charge in [0.1, 0.15) is 0 Å². The van der Waals surface area contributed by atoms with Crippen molar-refractivity contribution in [1.82, 2.24) is 0 Å². The molecule has 1 nitrogen and oxygen atoms in total. The molecule has 1 aliphatic carbocycles. The van der Waals surface area contributed by atoms with Crippen LogP contribution in [-0.4, -0.2) is 11.2 Å². The van der Waals surface area contributed by atoms with E-state index in [9.17, 15) is 5.11 Å². The molecule has 0 bridgehead atoms. The highest BCUT2D eigenvalue weighted by atomic mass is 16.3. The van der Waals surface area contributed by atoms with Gasteiger partial charge in [0.05, 0.1) is 6.10 Å². The van der Waals surface area contributed by atoms with Gasteiger partial charge in [0, 0.05) is 0 Å². The molecule has 0 saturated heterocycles. The van der Waals surface area contributed by atoms with Crippen molar-refractivity contribution in [2.75, 3.05) is 0 Å². The van der Waals surface area contributed by atoms with Crippen LogP contribution in [0.4, 0.5) is 0 Å². The van der Waals surface area contributed by atoms with E-state index >= 15 is 0 Å². The van der Waals surface area contributed by atoms with Gasteiger partial charge in [0.2, 0.25) is 0 Å². The van der Waals surface area contributed by atoms with Gasteiger partial charge in [-0.15, -0.1) is 0 Å². The lowest BCUT2D eigenvalue weighted by molar-refractivity contribution is 0.0151. The Kier molecular flexibility index (Phi) is 3.86. The van der Waals surface area contributed by atoms with Crippen molar-refractivity contribution >= 4 is 0 Å². The van der Waals surface area contributed by atoms with E-state index in [0.717, 1.165) is 6.42 Å². The number of rotatable bonds is 2. The minimum atomic E-state index is -0.0484. The maximum absolute atomic E-state index is 9.74. The molecule has 90 valence electrons. The van der Waals surface area contributed by atoms with Gasteiger partial charge in [0.25, 0.3) is 0 Å². The topological polar surface area (TPSA) is 20.2 Å². The summed E-state index contributed by atoms with van der Waals surface area (Å²) in [5.74, 6) is 0.490. The van der Waals surface area contributed by atoms with Crippen molar-refractivity contribution in [2.45, 2.75) is 72.8 Å². The normalized spacial score (nSPS) is 38.0. The highest BCUT2D eigenvalue weighted by Crippen LogP contribution is 2.44. The van der Waals surface area contributed by atoms with Crippen LogP contribution in [0.2, 0.25) is 0 Å². The van der Waals surface area contributed by atoms with Crippen LogP contribution in [0.25, 0.3) is 0 Å². The van der Waals surface area contributed by atoms with E-state index in [2.05, 4.69) is 34.6 Å². The molecule has 1 saturated carbocycles. The Labute approximate surface area is 95.3 Å². The van der Waals surface area contributed by atoms with Crippen LogP contribution in [0.1, 0.15) is 66.7 Å². The Morgan fingerprint density at radius 2 is 1.93 bits per heavy atom. The zero-order valence-electron chi connectivity index (χ0n) is 11.1. The third-order valence-corrected chi connectivity index (χ3v) is 3.99. The van der Waals surface area contributed by atoms with E-state index in [1.165, 1.54) is 25.7 Å². The molecule has 0 aliphatic heterocycles. The summed E-state index contributed by atoms with van der Waals surface area (Å²) < 4.78 is 0. The minimum absolute atomic E-state index is 0.0484. The average Bonchev–Trinajstić information content (AvgIpc) is 2.08. The van der Waals surface area contributed by atoms with Gasteiger partial charge in [0.15, 0.2) is 0 Å². The zero-order valence-corrected chi connectivity index (χ0v) is 11.1. The second-order valence-electron chi connectivity index (χ2n) is 7.16. The van der Waals surface area contributed by atoms with Crippen molar-refractivity contribution < 1.29 is 5.11 Å². The summed E-state index contributed by atoms with van der Waals surface area (Å²) in [4.78, 5) is 0. The lowest BCUT2D eigenvalue weighted by Crippen LogP contribution is -2.34. The molecule has 0 aromatic carbocycles. The first-order valence-corrected chi connectivity index (χ1v) is 6.40. The molecule has 0 aromatic heterocycles. The highest BCUT2D eigenvalue weighted by Gasteiger charge is 2.35. The lowest BCUT2D eigenvalue weighted by Gasteiger charge is -2.41. The molecule has 1 heteroatoms. The number of hydrogen-bond donors (Lipinski definition) is 1. The van der Waals surface area contributed by atoms with Gasteiger partial charge in [-0.1, -0.05) is 34.6 Å². The van der Waals surface area contributed by atoms with Crippen molar-refractivity contribution in [3.05, 3.63) is 0 Å². The third-order valence-electron chi connectivity index (χ3n) is 3.99. The Balaban J connectivity index is 2.46. The Morgan fingerprint density at radius 3 is 2.40 bits per heavy atom. The molecule has 0 unspecified atom stereocenters. The standard InChI is InChI=1S/C14H28O/c1-11-10-14(5,7-6-12(11)15)9-8-13(2,3)4/h11-12,15H,6-10H2,1-5H3/t11-,12-,14-/m0/s1. The molecule has 15 heavy (non-hydrogen) atoms. The van der Waals surface area contributed by atoms with Crippen LogP contribution in [0.15, 0.2) is 0 Å². The number of aliphatic hydroxyl groups is 1. The Hall–Kier alpha value is -0.0400. The lowest BCUT2D eigenvalue weighted by atomic mass is 9.66. The molecule has 0 spiro atoms. The van der Waals surface area contributed by atoms with Crippen molar-refractivity contribution in [3.8, 4) is 0 Å². The van der Waals surface area contributed by atoms with Crippen LogP contribution in [0.5, 0.6) is 0 Å². The van der Waals surface area contributed by atoms with Crippen LogP contribution < -0.4 is 0 Å². The first kappa shape index (κ1) is 13.0. The quantitative estimate of drug-likeness (QED) is 0.733. The van der Waals surface area contributed by atoms with Crippen molar-refractivity contribution in [1.29, 1.82) is 0 Å². The molecule has 0 heterocycles. The van der Waals surface area contributed by atoms with Crippen LogP contribution in [0.3, 0.4) is 0 Å². The Morgan fingerprint density at radius 1 is 1.33 bits per heavy atom. The summed E-state index contributed by atoms with van der Waals surface area (Å²) in [6.07, 6.45) is 5.97. The smallest absolute Gasteiger partial charge is 0.0566 e. The van der Waals surface area contributed by atoms with E-state index in [-0.39, 0.29) is 6.10 Å². The summed E-state index contributed by atoms with van der Waals surface area (Å²) in [6.45, 7) is 11.5. The fourth-order valence-electron chi connectivity index (χ4n) is 2.70. The second kappa shape index (κ2) is 4.45. The number of aliphatic hydroxyl groups excluding tert-OH is 1. The van der Waals surface area contributed by atoms with Crippen LogP contribution in [-0.2, 0) is 0 Å². The van der Waals surface area contributed by atoms with Crippen molar-refractivity contribution in [3.63, 3.8) is 0 Å². The zero-order chi connectivity index (χ0) is 11.7. The maximum Gasteiger partial charge on any atom is 0.0566 e. The molecular formula is C14H28O. The van der Waals surface area contributed by atoms with Gasteiger partial charge < -0.3 is 5.11 Å². The van der Waals surface area contributed by atoms with E-state index < -0.39 is 0 Å². The van der Waals surface area contributed by atoms with Gasteiger partial charge in [-0.3, -0.25) is 0 Å². The SMILES string of the molecule is C[C@H]1C[C@](C)(CCC(C)(C)C)CC[C@@H]1O. The first-order valence-electron chi connectivity index (χ1n) is 6.40. The van der Waals surface area contributed by atoms with Gasteiger partial charge >= 0.3 is 0 Å². The molecule has 1 N–H and O–H groups in total. The summed E-state index contributed by atoms with van der Waals surface area (Å²) in [5, 5.41) is 9.74. The fourth-order valence-corrected chi connectivity index (χ4v) is 2.70. The minimum Gasteiger partial charge on any atom is -0.393 e. The van der Waals surface area contributed by atoms with Crippen molar-refractivity contribution in [2.24, 2.45) is 16.7 Å². The Bertz CT molecular complexity index is 204. The average molecular weight is 212 g/mol. The van der Waals surface area contributed by atoms with Crippen LogP contribution >= 0.6 is 0 Å². The number of hydrogen-bond acceptors (Lipinski definition) is 1. The monoisotopic (exact) mass is 212 g/mol. The second-order valence-corrected chi connectivity index (χ2v) is 7.16. The van der Waals surface area contributed by atoms with Gasteiger partial charge in [-0.05, 0) is 48.9 Å². The van der Waals surface area contributed by atoms with E-state index in [1.54, 1.807) is 0 Å². The first-order chi connectivity index (χ1) is 6.72. The maximum atomic E-state index is 9.74. The molecule has 1 aliphatic rings.